The molecular formula is C16H25NO. The van der Waals surface area contributed by atoms with E-state index in [0.29, 0.717) is 11.8 Å². The van der Waals surface area contributed by atoms with Crippen LogP contribution in [0.15, 0.2) is 24.3 Å². The third-order valence-electron chi connectivity index (χ3n) is 4.06. The van der Waals surface area contributed by atoms with Crippen molar-refractivity contribution in [2.45, 2.75) is 45.1 Å². The molecule has 2 heteroatoms. The molecule has 18 heavy (non-hydrogen) atoms. The Balaban J connectivity index is 2.09. The van der Waals surface area contributed by atoms with E-state index in [1.54, 1.807) is 7.11 Å². The summed E-state index contributed by atoms with van der Waals surface area (Å²) in [6.45, 7) is 5.71. The van der Waals surface area contributed by atoms with E-state index in [-0.39, 0.29) is 0 Å². The first kappa shape index (κ1) is 13.4. The fourth-order valence-corrected chi connectivity index (χ4v) is 2.39. The van der Waals surface area contributed by atoms with Crippen molar-refractivity contribution in [3.8, 4) is 5.75 Å². The zero-order chi connectivity index (χ0) is 13.0. The minimum absolute atomic E-state index is 0.589. The molecule has 0 spiro atoms. The van der Waals surface area contributed by atoms with Crippen LogP contribution in [0, 0.1) is 5.92 Å². The summed E-state index contributed by atoms with van der Waals surface area (Å²) in [4.78, 5) is 0. The molecular weight excluding hydrogens is 222 g/mol. The summed E-state index contributed by atoms with van der Waals surface area (Å²) in [6, 6.07) is 9.31. The fraction of sp³-hybridized carbons (Fsp3) is 0.625. The number of rotatable bonds is 7. The largest absolute Gasteiger partial charge is 0.497 e. The van der Waals surface area contributed by atoms with Crippen molar-refractivity contribution in [1.82, 2.24) is 5.32 Å². The van der Waals surface area contributed by atoms with E-state index in [4.69, 9.17) is 4.74 Å². The van der Waals surface area contributed by atoms with Crippen molar-refractivity contribution < 1.29 is 4.74 Å². The van der Waals surface area contributed by atoms with Crippen LogP contribution in [0.25, 0.3) is 0 Å². The Kier molecular flexibility index (Phi) is 4.65. The van der Waals surface area contributed by atoms with Crippen LogP contribution in [0.4, 0.5) is 0 Å². The van der Waals surface area contributed by atoms with Crippen LogP contribution in [-0.4, -0.2) is 19.7 Å². The molecule has 0 aromatic heterocycles. The van der Waals surface area contributed by atoms with Gasteiger partial charge in [-0.05, 0) is 42.4 Å². The van der Waals surface area contributed by atoms with E-state index < -0.39 is 0 Å². The molecule has 1 aromatic rings. The predicted octanol–water partition coefficient (Wildman–Crippen LogP) is 3.58. The van der Waals surface area contributed by atoms with E-state index in [0.717, 1.165) is 18.3 Å². The highest BCUT2D eigenvalue weighted by molar-refractivity contribution is 5.31. The zero-order valence-electron chi connectivity index (χ0n) is 11.8. The molecule has 2 nitrogen and oxygen atoms in total. The molecule has 1 aliphatic rings. The van der Waals surface area contributed by atoms with Gasteiger partial charge in [-0.3, -0.25) is 0 Å². The van der Waals surface area contributed by atoms with Crippen molar-refractivity contribution in [2.75, 3.05) is 13.7 Å². The van der Waals surface area contributed by atoms with E-state index in [1.807, 2.05) is 6.07 Å². The second-order valence-electron chi connectivity index (χ2n) is 5.45. The highest BCUT2D eigenvalue weighted by Gasteiger charge is 2.24. The van der Waals surface area contributed by atoms with Crippen LogP contribution in [-0.2, 0) is 0 Å². The van der Waals surface area contributed by atoms with Crippen LogP contribution in [0.1, 0.15) is 44.6 Å². The quantitative estimate of drug-likeness (QED) is 0.795. The first-order valence-electron chi connectivity index (χ1n) is 7.12. The second kappa shape index (κ2) is 6.24. The summed E-state index contributed by atoms with van der Waals surface area (Å²) < 4.78 is 5.34. The lowest BCUT2D eigenvalue weighted by molar-refractivity contribution is 0.403. The SMILES string of the molecule is CCC(C)C(CNC1CC1)c1cccc(OC)c1. The van der Waals surface area contributed by atoms with Gasteiger partial charge in [0.25, 0.3) is 0 Å². The molecule has 100 valence electrons. The van der Waals surface area contributed by atoms with Crippen molar-refractivity contribution in [3.05, 3.63) is 29.8 Å². The molecule has 0 heterocycles. The third kappa shape index (κ3) is 3.49. The first-order chi connectivity index (χ1) is 8.74. The lowest BCUT2D eigenvalue weighted by Gasteiger charge is -2.24. The highest BCUT2D eigenvalue weighted by atomic mass is 16.5. The predicted molar refractivity (Wildman–Crippen MR) is 76.2 cm³/mol. The van der Waals surface area contributed by atoms with Gasteiger partial charge in [-0.2, -0.15) is 0 Å². The highest BCUT2D eigenvalue weighted by Crippen LogP contribution is 2.30. The number of hydrogen-bond donors (Lipinski definition) is 1. The molecule has 0 saturated heterocycles. The summed E-state index contributed by atoms with van der Waals surface area (Å²) in [5.41, 5.74) is 1.40. The second-order valence-corrected chi connectivity index (χ2v) is 5.45. The topological polar surface area (TPSA) is 21.3 Å². The van der Waals surface area contributed by atoms with Gasteiger partial charge in [0.1, 0.15) is 5.75 Å². The molecule has 0 radical (unpaired) electrons. The standard InChI is InChI=1S/C16H25NO/c1-4-12(2)16(11-17-14-8-9-14)13-6-5-7-15(10-13)18-3/h5-7,10,12,14,16-17H,4,8-9,11H2,1-3H3. The van der Waals surface area contributed by atoms with Crippen LogP contribution < -0.4 is 10.1 Å². The van der Waals surface area contributed by atoms with Crippen LogP contribution in [0.2, 0.25) is 0 Å². The van der Waals surface area contributed by atoms with Gasteiger partial charge in [-0.15, -0.1) is 0 Å². The molecule has 1 N–H and O–H groups in total. The van der Waals surface area contributed by atoms with Gasteiger partial charge in [0.15, 0.2) is 0 Å². The summed E-state index contributed by atoms with van der Waals surface area (Å²) in [7, 11) is 1.74. The van der Waals surface area contributed by atoms with Gasteiger partial charge in [0.05, 0.1) is 7.11 Å². The van der Waals surface area contributed by atoms with E-state index in [1.165, 1.54) is 24.8 Å². The molecule has 1 aliphatic carbocycles. The summed E-state index contributed by atoms with van der Waals surface area (Å²) in [5.74, 6) is 2.25. The maximum atomic E-state index is 5.34. The Labute approximate surface area is 111 Å². The minimum atomic E-state index is 0.589. The number of benzene rings is 1. The molecule has 1 saturated carbocycles. The third-order valence-corrected chi connectivity index (χ3v) is 4.06. The van der Waals surface area contributed by atoms with Crippen molar-refractivity contribution in [3.63, 3.8) is 0 Å². The molecule has 1 fully saturated rings. The number of methoxy groups -OCH3 is 1. The van der Waals surface area contributed by atoms with Crippen molar-refractivity contribution >= 4 is 0 Å². The molecule has 0 aliphatic heterocycles. The molecule has 2 atom stereocenters. The molecule has 2 unspecified atom stereocenters. The molecule has 0 amide bonds. The molecule has 2 rings (SSSR count). The zero-order valence-corrected chi connectivity index (χ0v) is 11.8. The molecule has 1 aromatic carbocycles. The van der Waals surface area contributed by atoms with E-state index in [2.05, 4.69) is 37.4 Å². The van der Waals surface area contributed by atoms with Gasteiger partial charge in [-0.25, -0.2) is 0 Å². The maximum Gasteiger partial charge on any atom is 0.119 e. The minimum Gasteiger partial charge on any atom is -0.497 e. The maximum absolute atomic E-state index is 5.34. The van der Waals surface area contributed by atoms with Gasteiger partial charge in [-0.1, -0.05) is 32.4 Å². The average molecular weight is 247 g/mol. The Hall–Kier alpha value is -1.02. The van der Waals surface area contributed by atoms with E-state index >= 15 is 0 Å². The summed E-state index contributed by atoms with van der Waals surface area (Å²) >= 11 is 0. The van der Waals surface area contributed by atoms with E-state index in [9.17, 15) is 0 Å². The number of hydrogen-bond acceptors (Lipinski definition) is 2. The van der Waals surface area contributed by atoms with Gasteiger partial charge >= 0.3 is 0 Å². The van der Waals surface area contributed by atoms with Gasteiger partial charge in [0.2, 0.25) is 0 Å². The Morgan fingerprint density at radius 2 is 2.17 bits per heavy atom. The average Bonchev–Trinajstić information content (AvgIpc) is 3.23. The monoisotopic (exact) mass is 247 g/mol. The summed E-state index contributed by atoms with van der Waals surface area (Å²) in [5, 5.41) is 3.67. The molecule has 0 bridgehead atoms. The Morgan fingerprint density at radius 3 is 2.78 bits per heavy atom. The van der Waals surface area contributed by atoms with Crippen molar-refractivity contribution in [1.29, 1.82) is 0 Å². The van der Waals surface area contributed by atoms with Gasteiger partial charge in [0, 0.05) is 12.6 Å². The lowest BCUT2D eigenvalue weighted by Crippen LogP contribution is -2.27. The number of ether oxygens (including phenoxy) is 1. The Morgan fingerprint density at radius 1 is 1.39 bits per heavy atom. The van der Waals surface area contributed by atoms with Gasteiger partial charge < -0.3 is 10.1 Å². The smallest absolute Gasteiger partial charge is 0.119 e. The normalized spacial score (nSPS) is 18.4. The first-order valence-corrected chi connectivity index (χ1v) is 7.12. The summed E-state index contributed by atoms with van der Waals surface area (Å²) in [6.07, 6.45) is 3.92. The van der Waals surface area contributed by atoms with Crippen LogP contribution in [0.5, 0.6) is 5.75 Å². The van der Waals surface area contributed by atoms with Crippen LogP contribution >= 0.6 is 0 Å². The lowest BCUT2D eigenvalue weighted by atomic mass is 9.85. The van der Waals surface area contributed by atoms with Crippen molar-refractivity contribution in [2.24, 2.45) is 5.92 Å². The number of nitrogens with one attached hydrogen (secondary N) is 1. The Bertz CT molecular complexity index is 373. The van der Waals surface area contributed by atoms with Crippen LogP contribution in [0.3, 0.4) is 0 Å². The fourth-order valence-electron chi connectivity index (χ4n) is 2.39.